The maximum atomic E-state index is 3.82. The van der Waals surface area contributed by atoms with Gasteiger partial charge >= 0.3 is 0 Å². The molecule has 35 heavy (non-hydrogen) atoms. The molecule has 2 heteroatoms. The quantitative estimate of drug-likeness (QED) is 0.217. The second kappa shape index (κ2) is 7.44. The molecule has 0 unspecified atom stereocenters. The highest BCUT2D eigenvalue weighted by Gasteiger charge is 2.35. The van der Waals surface area contributed by atoms with E-state index in [1.807, 2.05) is 0 Å². The average molecular weight is 514 g/mol. The van der Waals surface area contributed by atoms with Gasteiger partial charge in [0.2, 0.25) is 0 Å². The fourth-order valence-corrected chi connectivity index (χ4v) is 6.44. The summed E-state index contributed by atoms with van der Waals surface area (Å²) in [6.07, 6.45) is 0. The summed E-state index contributed by atoms with van der Waals surface area (Å²) >= 11 is 3.82. The van der Waals surface area contributed by atoms with Gasteiger partial charge in [-0.05, 0) is 69.8 Å². The lowest BCUT2D eigenvalue weighted by molar-refractivity contribution is 0.660. The summed E-state index contributed by atoms with van der Waals surface area (Å²) in [5.41, 5.74) is 11.6. The Hall–Kier alpha value is -3.62. The third kappa shape index (κ3) is 3.00. The summed E-state index contributed by atoms with van der Waals surface area (Å²) in [5, 5.41) is 2.56. The van der Waals surface area contributed by atoms with Gasteiger partial charge in [0, 0.05) is 26.3 Å². The standard InChI is InChI=1S/C33H24BrN/c1-33(2)29-12-6-3-9-25(29)26-16-15-21(19-30(26)33)22-17-23(34)20-24(18-22)35-31-13-7-4-10-27(31)28-11-5-8-14-32(28)35/h3-20H,1-2H3. The van der Waals surface area contributed by atoms with Crippen molar-refractivity contribution in [2.45, 2.75) is 19.3 Å². The van der Waals surface area contributed by atoms with Crippen molar-refractivity contribution in [1.82, 2.24) is 4.57 Å². The molecular weight excluding hydrogens is 490 g/mol. The van der Waals surface area contributed by atoms with E-state index in [9.17, 15) is 0 Å². The maximum absolute atomic E-state index is 3.82. The first-order valence-electron chi connectivity index (χ1n) is 12.1. The summed E-state index contributed by atoms with van der Waals surface area (Å²) in [6.45, 7) is 4.68. The van der Waals surface area contributed by atoms with Gasteiger partial charge in [-0.2, -0.15) is 0 Å². The molecule has 0 bridgehead atoms. The van der Waals surface area contributed by atoms with Crippen LogP contribution in [0.4, 0.5) is 0 Å². The Morgan fingerprint density at radius 1 is 0.571 bits per heavy atom. The zero-order valence-electron chi connectivity index (χ0n) is 19.7. The van der Waals surface area contributed by atoms with Crippen LogP contribution in [-0.2, 0) is 5.41 Å². The molecule has 0 saturated heterocycles. The summed E-state index contributed by atoms with van der Waals surface area (Å²) < 4.78 is 3.46. The lowest BCUT2D eigenvalue weighted by Crippen LogP contribution is -2.14. The molecule has 0 N–H and O–H groups in total. The second-order valence-electron chi connectivity index (χ2n) is 10.00. The van der Waals surface area contributed by atoms with E-state index < -0.39 is 0 Å². The molecule has 1 aliphatic carbocycles. The Kier molecular flexibility index (Phi) is 4.40. The third-order valence-electron chi connectivity index (χ3n) is 7.64. The van der Waals surface area contributed by atoms with Crippen molar-refractivity contribution in [3.05, 3.63) is 125 Å². The molecule has 1 aliphatic rings. The Balaban J connectivity index is 1.44. The number of hydrogen-bond donors (Lipinski definition) is 0. The van der Waals surface area contributed by atoms with Gasteiger partial charge in [0.05, 0.1) is 11.0 Å². The molecule has 1 heterocycles. The molecule has 0 atom stereocenters. The number of halogens is 1. The molecule has 1 aromatic heterocycles. The smallest absolute Gasteiger partial charge is 0.0541 e. The fourth-order valence-electron chi connectivity index (χ4n) is 5.95. The number of rotatable bonds is 2. The van der Waals surface area contributed by atoms with Crippen LogP contribution >= 0.6 is 15.9 Å². The minimum absolute atomic E-state index is 0.0103. The van der Waals surface area contributed by atoms with Gasteiger partial charge in [-0.1, -0.05) is 103 Å². The van der Waals surface area contributed by atoms with E-state index in [-0.39, 0.29) is 5.41 Å². The number of para-hydroxylation sites is 2. The topological polar surface area (TPSA) is 4.93 Å². The van der Waals surface area contributed by atoms with Crippen LogP contribution in [0.5, 0.6) is 0 Å². The highest BCUT2D eigenvalue weighted by molar-refractivity contribution is 9.10. The van der Waals surface area contributed by atoms with Crippen molar-refractivity contribution in [1.29, 1.82) is 0 Å². The summed E-state index contributed by atoms with van der Waals surface area (Å²) in [7, 11) is 0. The van der Waals surface area contributed by atoms with Crippen LogP contribution < -0.4 is 0 Å². The van der Waals surface area contributed by atoms with Crippen LogP contribution in [0.15, 0.2) is 114 Å². The predicted octanol–water partition coefficient (Wildman–Crippen LogP) is 9.52. The van der Waals surface area contributed by atoms with Gasteiger partial charge in [-0.25, -0.2) is 0 Å². The number of nitrogens with zero attached hydrogens (tertiary/aromatic N) is 1. The van der Waals surface area contributed by atoms with Gasteiger partial charge in [-0.3, -0.25) is 0 Å². The van der Waals surface area contributed by atoms with Crippen LogP contribution in [0, 0.1) is 0 Å². The van der Waals surface area contributed by atoms with E-state index in [0.717, 1.165) is 10.2 Å². The fraction of sp³-hybridized carbons (Fsp3) is 0.0909. The first-order valence-corrected chi connectivity index (χ1v) is 12.9. The number of benzene rings is 5. The normalized spacial score (nSPS) is 13.8. The molecule has 0 fully saturated rings. The Bertz CT molecular complexity index is 1730. The van der Waals surface area contributed by atoms with E-state index in [2.05, 4.69) is 144 Å². The van der Waals surface area contributed by atoms with Crippen molar-refractivity contribution in [2.75, 3.05) is 0 Å². The molecule has 1 nitrogen and oxygen atoms in total. The summed E-state index contributed by atoms with van der Waals surface area (Å²) in [5.74, 6) is 0. The third-order valence-corrected chi connectivity index (χ3v) is 8.10. The van der Waals surface area contributed by atoms with Gasteiger partial charge in [-0.15, -0.1) is 0 Å². The van der Waals surface area contributed by atoms with Crippen molar-refractivity contribution >= 4 is 37.7 Å². The molecule has 0 aliphatic heterocycles. The van der Waals surface area contributed by atoms with E-state index in [4.69, 9.17) is 0 Å². The molecule has 5 aromatic carbocycles. The highest BCUT2D eigenvalue weighted by atomic mass is 79.9. The zero-order chi connectivity index (χ0) is 23.7. The minimum atomic E-state index is -0.0103. The van der Waals surface area contributed by atoms with E-state index in [1.54, 1.807) is 0 Å². The van der Waals surface area contributed by atoms with Gasteiger partial charge < -0.3 is 4.57 Å². The molecule has 0 saturated carbocycles. The Morgan fingerprint density at radius 2 is 1.20 bits per heavy atom. The average Bonchev–Trinajstić information content (AvgIpc) is 3.33. The first-order chi connectivity index (χ1) is 17.0. The minimum Gasteiger partial charge on any atom is -0.309 e. The number of hydrogen-bond acceptors (Lipinski definition) is 0. The lowest BCUT2D eigenvalue weighted by Gasteiger charge is -2.22. The largest absolute Gasteiger partial charge is 0.309 e. The molecular formula is C33H24BrN. The maximum Gasteiger partial charge on any atom is 0.0541 e. The van der Waals surface area contributed by atoms with Crippen LogP contribution in [0.2, 0.25) is 0 Å². The molecule has 168 valence electrons. The van der Waals surface area contributed by atoms with Crippen LogP contribution in [0.3, 0.4) is 0 Å². The first kappa shape index (κ1) is 20.7. The Labute approximate surface area is 213 Å². The highest BCUT2D eigenvalue weighted by Crippen LogP contribution is 2.49. The predicted molar refractivity (Wildman–Crippen MR) is 151 cm³/mol. The van der Waals surface area contributed by atoms with E-state index in [1.165, 1.54) is 55.2 Å². The monoisotopic (exact) mass is 513 g/mol. The lowest BCUT2D eigenvalue weighted by atomic mass is 9.81. The van der Waals surface area contributed by atoms with Crippen molar-refractivity contribution in [2.24, 2.45) is 0 Å². The molecule has 6 aromatic rings. The van der Waals surface area contributed by atoms with Gasteiger partial charge in [0.15, 0.2) is 0 Å². The second-order valence-corrected chi connectivity index (χ2v) is 10.9. The van der Waals surface area contributed by atoms with Crippen LogP contribution in [-0.4, -0.2) is 4.57 Å². The van der Waals surface area contributed by atoms with E-state index in [0.29, 0.717) is 0 Å². The van der Waals surface area contributed by atoms with E-state index >= 15 is 0 Å². The summed E-state index contributed by atoms with van der Waals surface area (Å²) in [4.78, 5) is 0. The summed E-state index contributed by atoms with van der Waals surface area (Å²) in [6, 6.07) is 39.9. The van der Waals surface area contributed by atoms with Crippen molar-refractivity contribution in [3.63, 3.8) is 0 Å². The van der Waals surface area contributed by atoms with Crippen molar-refractivity contribution in [3.8, 4) is 27.9 Å². The molecule has 7 rings (SSSR count). The van der Waals surface area contributed by atoms with Crippen LogP contribution in [0.25, 0.3) is 49.7 Å². The molecule has 0 amide bonds. The molecule has 0 spiro atoms. The number of fused-ring (bicyclic) bond motifs is 6. The van der Waals surface area contributed by atoms with Crippen LogP contribution in [0.1, 0.15) is 25.0 Å². The zero-order valence-corrected chi connectivity index (χ0v) is 21.3. The van der Waals surface area contributed by atoms with Gasteiger partial charge in [0.25, 0.3) is 0 Å². The number of aromatic nitrogens is 1. The molecule has 0 radical (unpaired) electrons. The Morgan fingerprint density at radius 3 is 1.94 bits per heavy atom. The van der Waals surface area contributed by atoms with Crippen molar-refractivity contribution < 1.29 is 0 Å². The van der Waals surface area contributed by atoms with Gasteiger partial charge in [0.1, 0.15) is 0 Å². The SMILES string of the molecule is CC1(C)c2ccccc2-c2ccc(-c3cc(Br)cc(-n4c5ccccc5c5ccccc54)c3)cc21.